The van der Waals surface area contributed by atoms with Crippen LogP contribution in [-0.4, -0.2) is 45.1 Å². The molecule has 0 aliphatic heterocycles. The molecular formula is C21H38F3NO6S. The summed E-state index contributed by atoms with van der Waals surface area (Å²) in [6.07, 6.45) is 7.39. The zero-order valence-corrected chi connectivity index (χ0v) is 20.7. The monoisotopic (exact) mass is 489 g/mol. The summed E-state index contributed by atoms with van der Waals surface area (Å²) in [5.74, 6) is -0.608. The number of hydrogen-bond donors (Lipinski definition) is 1. The molecule has 1 saturated carbocycles. The Hall–Kier alpha value is -1.36. The molecule has 1 rings (SSSR count). The second-order valence-electron chi connectivity index (χ2n) is 9.12. The third kappa shape index (κ3) is 10.5. The van der Waals surface area contributed by atoms with Crippen molar-refractivity contribution in [1.82, 2.24) is 4.72 Å². The van der Waals surface area contributed by atoms with Crippen molar-refractivity contribution < 1.29 is 40.7 Å². The number of alkyl halides is 3. The molecule has 1 aliphatic rings. The van der Waals surface area contributed by atoms with Crippen LogP contribution in [0.15, 0.2) is 0 Å². The maximum Gasteiger partial charge on any atom is 0.511 e. The SMILES string of the molecule is CCC(C)(C)C(=O)OC1CCCCC1.CCC(C)(C)C(=O)OCCNS(=O)(=O)C(F)(F)F. The van der Waals surface area contributed by atoms with Gasteiger partial charge in [-0.1, -0.05) is 20.3 Å². The summed E-state index contributed by atoms with van der Waals surface area (Å²) in [5, 5.41) is 0. The maximum absolute atomic E-state index is 11.9. The van der Waals surface area contributed by atoms with Crippen LogP contribution in [0.5, 0.6) is 0 Å². The van der Waals surface area contributed by atoms with Gasteiger partial charge >= 0.3 is 27.5 Å². The van der Waals surface area contributed by atoms with Gasteiger partial charge in [0.2, 0.25) is 0 Å². The predicted molar refractivity (Wildman–Crippen MR) is 115 cm³/mol. The largest absolute Gasteiger partial charge is 0.511 e. The van der Waals surface area contributed by atoms with Gasteiger partial charge in [0.25, 0.3) is 0 Å². The lowest BCUT2D eigenvalue weighted by Crippen LogP contribution is -2.39. The van der Waals surface area contributed by atoms with Gasteiger partial charge in [0.1, 0.15) is 12.7 Å². The molecule has 32 heavy (non-hydrogen) atoms. The number of halogens is 3. The Balaban J connectivity index is 0.000000618. The fourth-order valence-corrected chi connectivity index (χ4v) is 2.90. The second-order valence-corrected chi connectivity index (χ2v) is 10.9. The summed E-state index contributed by atoms with van der Waals surface area (Å²) in [6.45, 7) is 9.88. The minimum absolute atomic E-state index is 0.0214. The van der Waals surface area contributed by atoms with Gasteiger partial charge < -0.3 is 9.47 Å². The third-order valence-corrected chi connectivity index (χ3v) is 6.82. The highest BCUT2D eigenvalue weighted by molar-refractivity contribution is 7.90. The lowest BCUT2D eigenvalue weighted by molar-refractivity contribution is -0.161. The van der Waals surface area contributed by atoms with E-state index < -0.39 is 40.1 Å². The van der Waals surface area contributed by atoms with Crippen LogP contribution in [0.1, 0.15) is 86.5 Å². The maximum atomic E-state index is 11.9. The normalized spacial score (nSPS) is 16.0. The van der Waals surface area contributed by atoms with Gasteiger partial charge in [-0.25, -0.2) is 13.1 Å². The Morgan fingerprint density at radius 3 is 1.81 bits per heavy atom. The standard InChI is InChI=1S/C12H22O2.C9H16F3NO4S/c1-4-12(2,3)11(13)14-10-8-6-5-7-9-10;1-4-8(2,3)7(14)17-6-5-13-18(15,16)9(10,11)12/h10H,4-9H2,1-3H3;13H,4-6H2,1-3H3. The molecule has 0 saturated heterocycles. The van der Waals surface area contributed by atoms with Gasteiger partial charge in [0.15, 0.2) is 0 Å². The van der Waals surface area contributed by atoms with E-state index in [0.717, 1.165) is 19.3 Å². The molecule has 1 aliphatic carbocycles. The molecule has 190 valence electrons. The Labute approximate surface area is 189 Å². The van der Waals surface area contributed by atoms with Crippen LogP contribution in [-0.2, 0) is 29.1 Å². The smallest absolute Gasteiger partial charge is 0.464 e. The molecule has 0 unspecified atom stereocenters. The number of carbonyl (C=O) groups is 2. The minimum atomic E-state index is -5.38. The van der Waals surface area contributed by atoms with Crippen molar-refractivity contribution in [3.8, 4) is 0 Å². The molecule has 11 heteroatoms. The van der Waals surface area contributed by atoms with E-state index in [1.807, 2.05) is 20.8 Å². The Bertz CT molecular complexity index is 699. The number of rotatable bonds is 9. The van der Waals surface area contributed by atoms with Gasteiger partial charge in [-0.15, -0.1) is 0 Å². The van der Waals surface area contributed by atoms with Gasteiger partial charge in [0.05, 0.1) is 10.8 Å². The number of nitrogens with one attached hydrogen (secondary N) is 1. The Kier molecular flexibility index (Phi) is 12.2. The summed E-state index contributed by atoms with van der Waals surface area (Å²) in [7, 11) is -5.38. The van der Waals surface area contributed by atoms with Crippen molar-refractivity contribution in [2.24, 2.45) is 10.8 Å². The molecule has 0 spiro atoms. The summed E-state index contributed by atoms with van der Waals surface area (Å²) in [5.41, 5.74) is -6.42. The van der Waals surface area contributed by atoms with E-state index in [1.54, 1.807) is 20.8 Å². The molecule has 0 aromatic rings. The van der Waals surface area contributed by atoms with Crippen molar-refractivity contribution in [1.29, 1.82) is 0 Å². The second kappa shape index (κ2) is 12.8. The Morgan fingerprint density at radius 2 is 1.38 bits per heavy atom. The predicted octanol–water partition coefficient (Wildman–Crippen LogP) is 4.70. The van der Waals surface area contributed by atoms with Crippen molar-refractivity contribution >= 4 is 22.0 Å². The fraction of sp³-hybridized carbons (Fsp3) is 0.905. The van der Waals surface area contributed by atoms with Gasteiger partial charge in [-0.05, 0) is 66.2 Å². The molecule has 0 atom stereocenters. The summed E-state index contributed by atoms with van der Waals surface area (Å²) < 4.78 is 68.3. The fourth-order valence-electron chi connectivity index (χ4n) is 2.38. The van der Waals surface area contributed by atoms with Crippen molar-refractivity contribution in [2.45, 2.75) is 98.1 Å². The van der Waals surface area contributed by atoms with Crippen LogP contribution in [0.2, 0.25) is 0 Å². The van der Waals surface area contributed by atoms with Gasteiger partial charge in [-0.3, -0.25) is 9.59 Å². The van der Waals surface area contributed by atoms with Crippen molar-refractivity contribution in [2.75, 3.05) is 13.2 Å². The van der Waals surface area contributed by atoms with Crippen molar-refractivity contribution in [3.63, 3.8) is 0 Å². The molecule has 0 aromatic carbocycles. The number of carbonyl (C=O) groups excluding carboxylic acids is 2. The average molecular weight is 490 g/mol. The molecule has 0 heterocycles. The van der Waals surface area contributed by atoms with E-state index in [1.165, 1.54) is 24.0 Å². The lowest BCUT2D eigenvalue weighted by atomic mass is 9.90. The van der Waals surface area contributed by atoms with E-state index in [-0.39, 0.29) is 17.5 Å². The highest BCUT2D eigenvalue weighted by Crippen LogP contribution is 2.27. The van der Waals surface area contributed by atoms with E-state index in [9.17, 15) is 31.2 Å². The van der Waals surface area contributed by atoms with E-state index in [4.69, 9.17) is 4.74 Å². The quantitative estimate of drug-likeness (QED) is 0.372. The first-order chi connectivity index (χ1) is 14.5. The minimum Gasteiger partial charge on any atom is -0.464 e. The molecule has 7 nitrogen and oxygen atoms in total. The van der Waals surface area contributed by atoms with Crippen LogP contribution in [0, 0.1) is 10.8 Å². The number of esters is 2. The summed E-state index contributed by atoms with van der Waals surface area (Å²) in [6, 6.07) is 0. The molecular weight excluding hydrogens is 451 g/mol. The van der Waals surface area contributed by atoms with E-state index in [2.05, 4.69) is 4.74 Å². The highest BCUT2D eigenvalue weighted by atomic mass is 32.2. The molecule has 1 fully saturated rings. The van der Waals surface area contributed by atoms with Gasteiger partial charge in [0, 0.05) is 6.54 Å². The first-order valence-corrected chi connectivity index (χ1v) is 12.4. The molecule has 1 N–H and O–H groups in total. The number of ether oxygens (including phenoxy) is 2. The molecule has 0 radical (unpaired) electrons. The molecule has 0 bridgehead atoms. The van der Waals surface area contributed by atoms with Crippen LogP contribution < -0.4 is 4.72 Å². The van der Waals surface area contributed by atoms with E-state index in [0.29, 0.717) is 6.42 Å². The van der Waals surface area contributed by atoms with Crippen LogP contribution in [0.3, 0.4) is 0 Å². The third-order valence-electron chi connectivity index (χ3n) is 5.63. The Morgan fingerprint density at radius 1 is 0.906 bits per heavy atom. The lowest BCUT2D eigenvalue weighted by Gasteiger charge is -2.27. The number of hydrogen-bond acceptors (Lipinski definition) is 6. The van der Waals surface area contributed by atoms with E-state index >= 15 is 0 Å². The molecule has 0 aromatic heterocycles. The van der Waals surface area contributed by atoms with Crippen LogP contribution in [0.4, 0.5) is 13.2 Å². The molecule has 0 amide bonds. The van der Waals surface area contributed by atoms with Crippen LogP contribution >= 0.6 is 0 Å². The topological polar surface area (TPSA) is 98.8 Å². The zero-order valence-electron chi connectivity index (χ0n) is 19.9. The highest BCUT2D eigenvalue weighted by Gasteiger charge is 2.45. The first-order valence-electron chi connectivity index (χ1n) is 10.9. The summed E-state index contributed by atoms with van der Waals surface area (Å²) >= 11 is 0. The first kappa shape index (κ1) is 30.6. The van der Waals surface area contributed by atoms with Gasteiger partial charge in [-0.2, -0.15) is 13.2 Å². The van der Waals surface area contributed by atoms with Crippen molar-refractivity contribution in [3.05, 3.63) is 0 Å². The number of sulfonamides is 1. The van der Waals surface area contributed by atoms with Crippen LogP contribution in [0.25, 0.3) is 0 Å². The average Bonchev–Trinajstić information content (AvgIpc) is 2.71. The summed E-state index contributed by atoms with van der Waals surface area (Å²) in [4.78, 5) is 23.1. The zero-order chi connectivity index (χ0) is 25.2.